The van der Waals surface area contributed by atoms with Crippen LogP contribution in [0.4, 0.5) is 0 Å². The summed E-state index contributed by atoms with van der Waals surface area (Å²) in [5.74, 6) is 0.942. The third kappa shape index (κ3) is 3.73. The lowest BCUT2D eigenvalue weighted by Gasteiger charge is -2.14. The molecule has 1 amide bonds. The first-order chi connectivity index (χ1) is 7.13. The molecule has 0 N–H and O–H groups in total. The van der Waals surface area contributed by atoms with Crippen molar-refractivity contribution in [3.05, 3.63) is 17.5 Å². The first-order valence-electron chi connectivity index (χ1n) is 5.29. The standard InChI is InChI=1S/C11H18N2O2/c1-4-5-6-11(14)13(3)8-10-7-9(2)15-12-10/h7H,4-6,8H2,1-3H3. The molecule has 4 heteroatoms. The zero-order chi connectivity index (χ0) is 11.3. The fourth-order valence-corrected chi connectivity index (χ4v) is 1.34. The van der Waals surface area contributed by atoms with Crippen molar-refractivity contribution >= 4 is 5.91 Å². The second-order valence-electron chi connectivity index (χ2n) is 3.78. The molecule has 0 atom stereocenters. The van der Waals surface area contributed by atoms with E-state index in [4.69, 9.17) is 4.52 Å². The van der Waals surface area contributed by atoms with Crippen LogP contribution in [-0.4, -0.2) is 23.0 Å². The molecule has 0 fully saturated rings. The summed E-state index contributed by atoms with van der Waals surface area (Å²) in [5, 5.41) is 3.85. The molecule has 1 rings (SSSR count). The summed E-state index contributed by atoms with van der Waals surface area (Å²) < 4.78 is 4.94. The largest absolute Gasteiger partial charge is 0.361 e. The van der Waals surface area contributed by atoms with Gasteiger partial charge in [0.25, 0.3) is 0 Å². The average molecular weight is 210 g/mol. The Balaban J connectivity index is 2.41. The van der Waals surface area contributed by atoms with Gasteiger partial charge in [0.1, 0.15) is 11.5 Å². The van der Waals surface area contributed by atoms with Crippen LogP contribution in [-0.2, 0) is 11.3 Å². The Morgan fingerprint density at radius 2 is 2.33 bits per heavy atom. The van der Waals surface area contributed by atoms with Gasteiger partial charge in [-0.3, -0.25) is 4.79 Å². The molecule has 0 aromatic carbocycles. The highest BCUT2D eigenvalue weighted by Crippen LogP contribution is 2.06. The number of hydrogen-bond acceptors (Lipinski definition) is 3. The molecular weight excluding hydrogens is 192 g/mol. The Morgan fingerprint density at radius 3 is 2.87 bits per heavy atom. The van der Waals surface area contributed by atoms with Gasteiger partial charge in [-0.1, -0.05) is 18.5 Å². The van der Waals surface area contributed by atoms with Crippen LogP contribution in [0, 0.1) is 6.92 Å². The van der Waals surface area contributed by atoms with Gasteiger partial charge in [0.2, 0.25) is 5.91 Å². The summed E-state index contributed by atoms with van der Waals surface area (Å²) in [4.78, 5) is 13.3. The third-order valence-electron chi connectivity index (χ3n) is 2.25. The molecule has 0 saturated heterocycles. The molecule has 0 spiro atoms. The predicted molar refractivity (Wildman–Crippen MR) is 57.2 cm³/mol. The normalized spacial score (nSPS) is 10.3. The van der Waals surface area contributed by atoms with E-state index in [0.717, 1.165) is 24.3 Å². The molecule has 0 saturated carbocycles. The summed E-state index contributed by atoms with van der Waals surface area (Å²) in [5.41, 5.74) is 0.805. The maximum absolute atomic E-state index is 11.6. The van der Waals surface area contributed by atoms with Crippen molar-refractivity contribution in [1.82, 2.24) is 10.1 Å². The number of carbonyl (C=O) groups excluding carboxylic acids is 1. The van der Waals surface area contributed by atoms with E-state index in [1.165, 1.54) is 0 Å². The Kier molecular flexibility index (Phi) is 4.34. The number of aromatic nitrogens is 1. The zero-order valence-electron chi connectivity index (χ0n) is 9.62. The summed E-state index contributed by atoms with van der Waals surface area (Å²) in [7, 11) is 1.79. The van der Waals surface area contributed by atoms with Gasteiger partial charge in [-0.25, -0.2) is 0 Å². The van der Waals surface area contributed by atoms with Crippen molar-refractivity contribution in [2.24, 2.45) is 0 Å². The summed E-state index contributed by atoms with van der Waals surface area (Å²) >= 11 is 0. The highest BCUT2D eigenvalue weighted by atomic mass is 16.5. The fraction of sp³-hybridized carbons (Fsp3) is 0.636. The minimum absolute atomic E-state index is 0.164. The summed E-state index contributed by atoms with van der Waals surface area (Å²) in [6, 6.07) is 1.85. The van der Waals surface area contributed by atoms with Crippen molar-refractivity contribution in [3.63, 3.8) is 0 Å². The first kappa shape index (κ1) is 11.8. The molecule has 0 bridgehead atoms. The van der Waals surface area contributed by atoms with E-state index in [1.54, 1.807) is 11.9 Å². The number of amides is 1. The Hall–Kier alpha value is -1.32. The average Bonchev–Trinajstić information content (AvgIpc) is 2.60. The molecule has 1 aromatic rings. The molecule has 84 valence electrons. The molecule has 15 heavy (non-hydrogen) atoms. The maximum Gasteiger partial charge on any atom is 0.222 e. The quantitative estimate of drug-likeness (QED) is 0.748. The smallest absolute Gasteiger partial charge is 0.222 e. The van der Waals surface area contributed by atoms with Gasteiger partial charge >= 0.3 is 0 Å². The predicted octanol–water partition coefficient (Wildman–Crippen LogP) is 2.13. The minimum Gasteiger partial charge on any atom is -0.361 e. The molecule has 0 aliphatic carbocycles. The lowest BCUT2D eigenvalue weighted by atomic mass is 10.2. The number of nitrogens with zero attached hydrogens (tertiary/aromatic N) is 2. The van der Waals surface area contributed by atoms with Crippen molar-refractivity contribution in [2.45, 2.75) is 39.7 Å². The van der Waals surface area contributed by atoms with E-state index < -0.39 is 0 Å². The van der Waals surface area contributed by atoms with Gasteiger partial charge in [0.15, 0.2) is 0 Å². The van der Waals surface area contributed by atoms with Crippen LogP contribution < -0.4 is 0 Å². The van der Waals surface area contributed by atoms with E-state index in [9.17, 15) is 4.79 Å². The van der Waals surface area contributed by atoms with Crippen molar-refractivity contribution in [1.29, 1.82) is 0 Å². The number of aryl methyl sites for hydroxylation is 1. The highest BCUT2D eigenvalue weighted by molar-refractivity contribution is 5.75. The van der Waals surface area contributed by atoms with E-state index >= 15 is 0 Å². The lowest BCUT2D eigenvalue weighted by molar-refractivity contribution is -0.130. The van der Waals surface area contributed by atoms with Gasteiger partial charge in [-0.2, -0.15) is 0 Å². The summed E-state index contributed by atoms with van der Waals surface area (Å²) in [6.45, 7) is 4.45. The molecule has 1 heterocycles. The van der Waals surface area contributed by atoms with E-state index in [0.29, 0.717) is 13.0 Å². The van der Waals surface area contributed by atoms with Crippen molar-refractivity contribution < 1.29 is 9.32 Å². The number of carbonyl (C=O) groups is 1. The van der Waals surface area contributed by atoms with Crippen LogP contribution in [0.1, 0.15) is 37.6 Å². The second kappa shape index (κ2) is 5.53. The van der Waals surface area contributed by atoms with Crippen LogP contribution in [0.5, 0.6) is 0 Å². The van der Waals surface area contributed by atoms with Crippen LogP contribution in [0.2, 0.25) is 0 Å². The van der Waals surface area contributed by atoms with Gasteiger partial charge in [-0.05, 0) is 13.3 Å². The van der Waals surface area contributed by atoms with Crippen LogP contribution in [0.15, 0.2) is 10.6 Å². The SMILES string of the molecule is CCCCC(=O)N(C)Cc1cc(C)on1. The van der Waals surface area contributed by atoms with Crippen molar-refractivity contribution in [2.75, 3.05) is 7.05 Å². The van der Waals surface area contributed by atoms with Gasteiger partial charge in [0.05, 0.1) is 6.54 Å². The van der Waals surface area contributed by atoms with E-state index in [1.807, 2.05) is 13.0 Å². The summed E-state index contributed by atoms with van der Waals surface area (Å²) in [6.07, 6.45) is 2.60. The highest BCUT2D eigenvalue weighted by Gasteiger charge is 2.10. The number of unbranched alkanes of at least 4 members (excludes halogenated alkanes) is 1. The van der Waals surface area contributed by atoms with Crippen LogP contribution in [0.25, 0.3) is 0 Å². The molecule has 4 nitrogen and oxygen atoms in total. The zero-order valence-corrected chi connectivity index (χ0v) is 9.62. The van der Waals surface area contributed by atoms with Crippen LogP contribution >= 0.6 is 0 Å². The minimum atomic E-state index is 0.164. The molecule has 0 unspecified atom stereocenters. The monoisotopic (exact) mass is 210 g/mol. The Labute approximate surface area is 90.2 Å². The lowest BCUT2D eigenvalue weighted by Crippen LogP contribution is -2.25. The Morgan fingerprint density at radius 1 is 1.60 bits per heavy atom. The fourth-order valence-electron chi connectivity index (χ4n) is 1.34. The van der Waals surface area contributed by atoms with Crippen LogP contribution in [0.3, 0.4) is 0 Å². The second-order valence-corrected chi connectivity index (χ2v) is 3.78. The van der Waals surface area contributed by atoms with E-state index in [-0.39, 0.29) is 5.91 Å². The van der Waals surface area contributed by atoms with Crippen molar-refractivity contribution in [3.8, 4) is 0 Å². The molecule has 0 aliphatic rings. The molecule has 1 aromatic heterocycles. The maximum atomic E-state index is 11.6. The third-order valence-corrected chi connectivity index (χ3v) is 2.25. The molecule has 0 aliphatic heterocycles. The molecule has 0 radical (unpaired) electrons. The van der Waals surface area contributed by atoms with Gasteiger partial charge in [0, 0.05) is 19.5 Å². The first-order valence-corrected chi connectivity index (χ1v) is 5.29. The van der Waals surface area contributed by atoms with Gasteiger partial charge < -0.3 is 9.42 Å². The van der Waals surface area contributed by atoms with Gasteiger partial charge in [-0.15, -0.1) is 0 Å². The number of hydrogen-bond donors (Lipinski definition) is 0. The molecular formula is C11H18N2O2. The number of rotatable bonds is 5. The topological polar surface area (TPSA) is 46.3 Å². The Bertz CT molecular complexity index is 320. The van der Waals surface area contributed by atoms with E-state index in [2.05, 4.69) is 12.1 Å².